The maximum absolute atomic E-state index is 12.0. The summed E-state index contributed by atoms with van der Waals surface area (Å²) in [6.45, 7) is 5.90. The Morgan fingerprint density at radius 3 is 1.95 bits per heavy atom. The minimum absolute atomic E-state index is 0.139. The summed E-state index contributed by atoms with van der Waals surface area (Å²) in [5.41, 5.74) is 0.916. The van der Waals surface area contributed by atoms with Gasteiger partial charge in [-0.25, -0.2) is 9.59 Å². The Kier molecular flexibility index (Phi) is 4.03. The van der Waals surface area contributed by atoms with Crippen LogP contribution in [0.5, 0.6) is 5.75 Å². The van der Waals surface area contributed by atoms with Crippen molar-refractivity contribution >= 4 is 23.5 Å². The normalized spacial score (nSPS) is 16.6. The Morgan fingerprint density at radius 1 is 1.00 bits per heavy atom. The molecule has 2 rings (SSSR count). The number of carbonyl (C=O) groups is 3. The van der Waals surface area contributed by atoms with Crippen LogP contribution in [-0.2, 0) is 23.9 Å². The average Bonchev–Trinajstić information content (AvgIpc) is 2.36. The molecule has 0 saturated carbocycles. The van der Waals surface area contributed by atoms with Crippen LogP contribution in [0.25, 0.3) is 5.57 Å². The SMILES string of the molecule is CC(=O)Oc1ccc(C(C)=C2C(=O)OC(C)(C)OC2=O)cc1. The molecule has 1 aliphatic heterocycles. The van der Waals surface area contributed by atoms with Crippen molar-refractivity contribution in [2.45, 2.75) is 33.5 Å². The first-order valence-electron chi connectivity index (χ1n) is 6.66. The molecule has 6 heteroatoms. The van der Waals surface area contributed by atoms with Gasteiger partial charge in [0.05, 0.1) is 0 Å². The molecule has 0 bridgehead atoms. The van der Waals surface area contributed by atoms with Crippen molar-refractivity contribution in [1.82, 2.24) is 0 Å². The van der Waals surface area contributed by atoms with E-state index in [0.29, 0.717) is 16.9 Å². The lowest BCUT2D eigenvalue weighted by atomic mass is 10.0. The highest BCUT2D eigenvalue weighted by Gasteiger charge is 2.40. The van der Waals surface area contributed by atoms with Crippen LogP contribution in [0.15, 0.2) is 29.8 Å². The second-order valence-electron chi connectivity index (χ2n) is 5.30. The van der Waals surface area contributed by atoms with E-state index in [1.54, 1.807) is 31.2 Å². The van der Waals surface area contributed by atoms with E-state index in [4.69, 9.17) is 14.2 Å². The third-order valence-electron chi connectivity index (χ3n) is 3.01. The molecule has 1 aliphatic rings. The highest BCUT2D eigenvalue weighted by atomic mass is 16.7. The van der Waals surface area contributed by atoms with E-state index in [0.717, 1.165) is 0 Å². The van der Waals surface area contributed by atoms with Gasteiger partial charge in [-0.2, -0.15) is 0 Å². The molecule has 6 nitrogen and oxygen atoms in total. The molecule has 0 unspecified atom stereocenters. The van der Waals surface area contributed by atoms with Gasteiger partial charge in [0.15, 0.2) is 0 Å². The number of allylic oxidation sites excluding steroid dienone is 1. The van der Waals surface area contributed by atoms with Crippen LogP contribution in [0, 0.1) is 0 Å². The first-order valence-corrected chi connectivity index (χ1v) is 6.66. The molecular formula is C16H16O6. The van der Waals surface area contributed by atoms with Crippen LogP contribution in [0.4, 0.5) is 0 Å². The van der Waals surface area contributed by atoms with E-state index >= 15 is 0 Å². The monoisotopic (exact) mass is 304 g/mol. The molecule has 0 spiro atoms. The van der Waals surface area contributed by atoms with Gasteiger partial charge < -0.3 is 14.2 Å². The number of benzene rings is 1. The summed E-state index contributed by atoms with van der Waals surface area (Å²) in [4.78, 5) is 34.9. The molecule has 1 aromatic carbocycles. The van der Waals surface area contributed by atoms with Crippen molar-refractivity contribution in [3.05, 3.63) is 35.4 Å². The summed E-state index contributed by atoms with van der Waals surface area (Å²) in [6.07, 6.45) is 0. The van der Waals surface area contributed by atoms with Crippen LogP contribution in [0.2, 0.25) is 0 Å². The standard InChI is InChI=1S/C16H16O6/c1-9(11-5-7-12(8-6-11)20-10(2)17)13-14(18)21-16(3,4)22-15(13)19/h5-8H,1-4H3. The summed E-state index contributed by atoms with van der Waals surface area (Å²) >= 11 is 0. The van der Waals surface area contributed by atoms with Crippen molar-refractivity contribution in [1.29, 1.82) is 0 Å². The molecule has 1 fully saturated rings. The fourth-order valence-electron chi connectivity index (χ4n) is 2.04. The molecule has 0 atom stereocenters. The third kappa shape index (κ3) is 3.33. The van der Waals surface area contributed by atoms with Gasteiger partial charge in [-0.15, -0.1) is 0 Å². The second-order valence-corrected chi connectivity index (χ2v) is 5.30. The molecule has 1 saturated heterocycles. The highest BCUT2D eigenvalue weighted by molar-refractivity contribution is 6.20. The largest absolute Gasteiger partial charge is 0.427 e. The van der Waals surface area contributed by atoms with Gasteiger partial charge in [-0.1, -0.05) is 12.1 Å². The molecule has 0 N–H and O–H groups in total. The Hall–Kier alpha value is -2.63. The summed E-state index contributed by atoms with van der Waals surface area (Å²) in [6, 6.07) is 6.43. The lowest BCUT2D eigenvalue weighted by Gasteiger charge is -2.30. The molecule has 0 aliphatic carbocycles. The molecule has 1 aromatic rings. The summed E-state index contributed by atoms with van der Waals surface area (Å²) in [5, 5.41) is 0. The van der Waals surface area contributed by atoms with Crippen molar-refractivity contribution in [2.24, 2.45) is 0 Å². The smallest absolute Gasteiger partial charge is 0.349 e. The fraction of sp³-hybridized carbons (Fsp3) is 0.312. The Bertz CT molecular complexity index is 644. The van der Waals surface area contributed by atoms with Crippen LogP contribution in [-0.4, -0.2) is 23.7 Å². The van der Waals surface area contributed by atoms with Gasteiger partial charge >= 0.3 is 17.9 Å². The zero-order chi connectivity index (χ0) is 16.5. The quantitative estimate of drug-likeness (QED) is 0.361. The predicted molar refractivity (Wildman–Crippen MR) is 76.6 cm³/mol. The zero-order valence-electron chi connectivity index (χ0n) is 12.8. The van der Waals surface area contributed by atoms with E-state index in [-0.39, 0.29) is 5.57 Å². The summed E-state index contributed by atoms with van der Waals surface area (Å²) < 4.78 is 15.1. The van der Waals surface area contributed by atoms with Crippen LogP contribution >= 0.6 is 0 Å². The van der Waals surface area contributed by atoms with E-state index in [9.17, 15) is 14.4 Å². The van der Waals surface area contributed by atoms with E-state index in [2.05, 4.69) is 0 Å². The van der Waals surface area contributed by atoms with Crippen LogP contribution in [0.1, 0.15) is 33.3 Å². The topological polar surface area (TPSA) is 78.9 Å². The van der Waals surface area contributed by atoms with Gasteiger partial charge in [0.25, 0.3) is 5.79 Å². The number of esters is 3. The summed E-state index contributed by atoms with van der Waals surface area (Å²) in [5.74, 6) is -2.75. The van der Waals surface area contributed by atoms with Gasteiger partial charge in [0, 0.05) is 20.8 Å². The maximum atomic E-state index is 12.0. The molecule has 22 heavy (non-hydrogen) atoms. The second kappa shape index (κ2) is 5.63. The van der Waals surface area contributed by atoms with Crippen molar-refractivity contribution in [3.8, 4) is 5.75 Å². The van der Waals surface area contributed by atoms with Crippen molar-refractivity contribution in [3.63, 3.8) is 0 Å². The first-order chi connectivity index (χ1) is 10.2. The molecule has 0 amide bonds. The number of ether oxygens (including phenoxy) is 3. The zero-order valence-corrected chi connectivity index (χ0v) is 12.8. The Morgan fingerprint density at radius 2 is 1.50 bits per heavy atom. The number of cyclic esters (lactones) is 2. The van der Waals surface area contributed by atoms with Crippen LogP contribution in [0.3, 0.4) is 0 Å². The predicted octanol–water partition coefficient (Wildman–Crippen LogP) is 2.22. The van der Waals surface area contributed by atoms with E-state index in [1.165, 1.54) is 20.8 Å². The number of rotatable bonds is 2. The Labute approximate surface area is 127 Å². The Balaban J connectivity index is 2.33. The van der Waals surface area contributed by atoms with Gasteiger partial charge in [-0.3, -0.25) is 4.79 Å². The van der Waals surface area contributed by atoms with Crippen molar-refractivity contribution in [2.75, 3.05) is 0 Å². The molecule has 116 valence electrons. The third-order valence-corrected chi connectivity index (χ3v) is 3.01. The van der Waals surface area contributed by atoms with E-state index in [1.807, 2.05) is 0 Å². The molecule has 1 heterocycles. The number of carbonyl (C=O) groups excluding carboxylic acids is 3. The highest BCUT2D eigenvalue weighted by Crippen LogP contribution is 2.29. The lowest BCUT2D eigenvalue weighted by molar-refractivity contribution is -0.222. The lowest BCUT2D eigenvalue weighted by Crippen LogP contribution is -2.42. The van der Waals surface area contributed by atoms with Crippen LogP contribution < -0.4 is 4.74 Å². The van der Waals surface area contributed by atoms with Gasteiger partial charge in [-0.05, 0) is 30.2 Å². The molecule has 0 aromatic heterocycles. The van der Waals surface area contributed by atoms with Gasteiger partial charge in [0.2, 0.25) is 0 Å². The minimum atomic E-state index is -1.27. The molecule has 0 radical (unpaired) electrons. The fourth-order valence-corrected chi connectivity index (χ4v) is 2.04. The number of hydrogen-bond acceptors (Lipinski definition) is 6. The average molecular weight is 304 g/mol. The van der Waals surface area contributed by atoms with Crippen molar-refractivity contribution < 1.29 is 28.6 Å². The molecular weight excluding hydrogens is 288 g/mol. The maximum Gasteiger partial charge on any atom is 0.349 e. The number of hydrogen-bond donors (Lipinski definition) is 0. The minimum Gasteiger partial charge on any atom is -0.427 e. The summed E-state index contributed by atoms with van der Waals surface area (Å²) in [7, 11) is 0. The van der Waals surface area contributed by atoms with Gasteiger partial charge in [0.1, 0.15) is 11.3 Å². The first kappa shape index (κ1) is 15.8. The van der Waals surface area contributed by atoms with E-state index < -0.39 is 23.7 Å².